The van der Waals surface area contributed by atoms with Crippen LogP contribution in [0.5, 0.6) is 5.75 Å². The average molecular weight is 390 g/mol. The Bertz CT molecular complexity index is 730. The summed E-state index contributed by atoms with van der Waals surface area (Å²) in [4.78, 5) is 6.67. The second-order valence-corrected chi connectivity index (χ2v) is 7.33. The number of aromatic nitrogens is 3. The largest absolute Gasteiger partial charge is 0.470 e. The lowest BCUT2D eigenvalue weighted by molar-refractivity contribution is 0.0251. The molecule has 0 spiro atoms. The maximum Gasteiger partial charge on any atom is 0.244 e. The van der Waals surface area contributed by atoms with Gasteiger partial charge in [-0.2, -0.15) is 4.98 Å². The van der Waals surface area contributed by atoms with Crippen LogP contribution in [0.4, 0.5) is 5.95 Å². The van der Waals surface area contributed by atoms with Crippen molar-refractivity contribution in [3.05, 3.63) is 35.7 Å². The molecule has 0 amide bonds. The number of aromatic amines is 1. The van der Waals surface area contributed by atoms with E-state index < -0.39 is 12.2 Å². The van der Waals surface area contributed by atoms with Crippen LogP contribution in [0.1, 0.15) is 57.0 Å². The first-order chi connectivity index (χ1) is 13.6. The Hall–Kier alpha value is -2.16. The molecular weight excluding hydrogens is 358 g/mol. The van der Waals surface area contributed by atoms with E-state index in [1.54, 1.807) is 0 Å². The number of rotatable bonds is 9. The van der Waals surface area contributed by atoms with E-state index >= 15 is 0 Å². The van der Waals surface area contributed by atoms with Crippen LogP contribution in [0.3, 0.4) is 0 Å². The molecule has 1 aromatic carbocycles. The molecule has 3 unspecified atom stereocenters. The van der Waals surface area contributed by atoms with Gasteiger partial charge in [0.2, 0.25) is 5.95 Å². The van der Waals surface area contributed by atoms with Crippen molar-refractivity contribution in [2.75, 3.05) is 18.4 Å². The van der Waals surface area contributed by atoms with Crippen LogP contribution in [0.25, 0.3) is 0 Å². The number of anilines is 1. The maximum absolute atomic E-state index is 9.88. The molecule has 0 aliphatic carbocycles. The first kappa shape index (κ1) is 20.6. The highest BCUT2D eigenvalue weighted by Gasteiger charge is 2.20. The van der Waals surface area contributed by atoms with E-state index in [9.17, 15) is 10.2 Å². The molecule has 3 rings (SSSR count). The van der Waals surface area contributed by atoms with Gasteiger partial charge in [0, 0.05) is 18.5 Å². The third kappa shape index (κ3) is 5.43. The quantitative estimate of drug-likeness (QED) is 0.488. The standard InChI is InChI=1S/C20H31N5O3/c1-3-17(21-20-22-19(23-24-20)18(27)14(2)26)28-16-10-6-5-9-15(16)13-25-11-7-4-8-12-25/h5-6,9-10,14,17-18,26-27H,3-4,7-8,11-13H2,1-2H3,(H2,21,22,23,24). The molecule has 8 nitrogen and oxygen atoms in total. The van der Waals surface area contributed by atoms with E-state index in [2.05, 4.69) is 31.5 Å². The number of nitrogens with zero attached hydrogens (tertiary/aromatic N) is 3. The smallest absolute Gasteiger partial charge is 0.244 e. The summed E-state index contributed by atoms with van der Waals surface area (Å²) in [6.45, 7) is 6.67. The minimum atomic E-state index is -1.10. The fourth-order valence-electron chi connectivity index (χ4n) is 3.32. The monoisotopic (exact) mass is 389 g/mol. The number of para-hydroxylation sites is 1. The normalized spacial score (nSPS) is 18.4. The molecule has 1 aliphatic heterocycles. The number of benzene rings is 1. The Balaban J connectivity index is 1.64. The van der Waals surface area contributed by atoms with Gasteiger partial charge in [-0.25, -0.2) is 0 Å². The van der Waals surface area contributed by atoms with Gasteiger partial charge in [0.15, 0.2) is 12.1 Å². The lowest BCUT2D eigenvalue weighted by Crippen LogP contribution is -2.30. The Morgan fingerprint density at radius 1 is 1.21 bits per heavy atom. The summed E-state index contributed by atoms with van der Waals surface area (Å²) < 4.78 is 6.21. The molecule has 2 heterocycles. The summed E-state index contributed by atoms with van der Waals surface area (Å²) in [7, 11) is 0. The minimum absolute atomic E-state index is 0.220. The Morgan fingerprint density at radius 2 is 1.96 bits per heavy atom. The number of H-pyrrole nitrogens is 1. The number of aliphatic hydroxyl groups is 2. The molecule has 1 fully saturated rings. The highest BCUT2D eigenvalue weighted by molar-refractivity contribution is 5.34. The van der Waals surface area contributed by atoms with Crippen molar-refractivity contribution in [2.45, 2.75) is 64.5 Å². The molecule has 0 radical (unpaired) electrons. The van der Waals surface area contributed by atoms with Crippen molar-refractivity contribution in [1.82, 2.24) is 20.1 Å². The predicted molar refractivity (Wildman–Crippen MR) is 107 cm³/mol. The van der Waals surface area contributed by atoms with Gasteiger partial charge in [0.25, 0.3) is 0 Å². The van der Waals surface area contributed by atoms with Crippen molar-refractivity contribution in [3.8, 4) is 5.75 Å². The number of nitrogens with one attached hydrogen (secondary N) is 2. The molecule has 154 valence electrons. The van der Waals surface area contributed by atoms with Gasteiger partial charge in [-0.1, -0.05) is 31.5 Å². The van der Waals surface area contributed by atoms with Gasteiger partial charge < -0.3 is 20.3 Å². The first-order valence-electron chi connectivity index (χ1n) is 10.1. The molecule has 2 aromatic rings. The number of aliphatic hydroxyl groups excluding tert-OH is 2. The van der Waals surface area contributed by atoms with Crippen LogP contribution < -0.4 is 10.1 Å². The molecule has 3 atom stereocenters. The van der Waals surface area contributed by atoms with Crippen LogP contribution in [-0.4, -0.2) is 55.7 Å². The number of likely N-dealkylation sites (tertiary alicyclic amines) is 1. The summed E-state index contributed by atoms with van der Waals surface area (Å²) in [6.07, 6.45) is 2.20. The van der Waals surface area contributed by atoms with Crippen LogP contribution in [0, 0.1) is 0 Å². The predicted octanol–water partition coefficient (Wildman–Crippen LogP) is 2.43. The van der Waals surface area contributed by atoms with Gasteiger partial charge in [-0.3, -0.25) is 10.00 Å². The van der Waals surface area contributed by atoms with E-state index in [0.717, 1.165) is 25.4 Å². The van der Waals surface area contributed by atoms with Crippen molar-refractivity contribution in [3.63, 3.8) is 0 Å². The highest BCUT2D eigenvalue weighted by atomic mass is 16.5. The van der Waals surface area contributed by atoms with Gasteiger partial charge in [-0.15, -0.1) is 5.10 Å². The molecule has 28 heavy (non-hydrogen) atoms. The summed E-state index contributed by atoms with van der Waals surface area (Å²) >= 11 is 0. The van der Waals surface area contributed by atoms with E-state index in [4.69, 9.17) is 4.74 Å². The van der Waals surface area contributed by atoms with E-state index in [-0.39, 0.29) is 12.1 Å². The van der Waals surface area contributed by atoms with Crippen LogP contribution in [0.2, 0.25) is 0 Å². The second-order valence-electron chi connectivity index (χ2n) is 7.33. The Labute approximate surface area is 165 Å². The average Bonchev–Trinajstić information content (AvgIpc) is 3.17. The van der Waals surface area contributed by atoms with Gasteiger partial charge in [0.1, 0.15) is 11.9 Å². The lowest BCUT2D eigenvalue weighted by atomic mass is 10.1. The molecule has 8 heteroatoms. The van der Waals surface area contributed by atoms with Crippen LogP contribution >= 0.6 is 0 Å². The zero-order valence-corrected chi connectivity index (χ0v) is 16.6. The van der Waals surface area contributed by atoms with E-state index in [1.165, 1.54) is 31.7 Å². The number of ether oxygens (including phenoxy) is 1. The van der Waals surface area contributed by atoms with Crippen LogP contribution in [-0.2, 0) is 6.54 Å². The topological polar surface area (TPSA) is 107 Å². The van der Waals surface area contributed by atoms with Gasteiger partial charge >= 0.3 is 0 Å². The first-order valence-corrected chi connectivity index (χ1v) is 10.1. The number of hydrogen-bond donors (Lipinski definition) is 4. The van der Waals surface area contributed by atoms with Crippen molar-refractivity contribution in [1.29, 1.82) is 0 Å². The zero-order valence-electron chi connectivity index (χ0n) is 16.6. The molecule has 0 saturated carbocycles. The molecular formula is C20H31N5O3. The maximum atomic E-state index is 9.88. The number of piperidine rings is 1. The summed E-state index contributed by atoms with van der Waals surface area (Å²) in [5.41, 5.74) is 1.17. The van der Waals surface area contributed by atoms with Gasteiger partial charge in [-0.05, 0) is 38.9 Å². The zero-order chi connectivity index (χ0) is 19.9. The van der Waals surface area contributed by atoms with Crippen molar-refractivity contribution >= 4 is 5.95 Å². The van der Waals surface area contributed by atoms with E-state index in [1.807, 2.05) is 25.1 Å². The van der Waals surface area contributed by atoms with Gasteiger partial charge in [0.05, 0.1) is 6.10 Å². The summed E-state index contributed by atoms with van der Waals surface area (Å²) in [6, 6.07) is 8.12. The third-order valence-corrected chi connectivity index (χ3v) is 4.99. The summed E-state index contributed by atoms with van der Waals surface area (Å²) in [5.74, 6) is 1.40. The molecule has 0 bridgehead atoms. The fourth-order valence-corrected chi connectivity index (χ4v) is 3.32. The van der Waals surface area contributed by atoms with Crippen molar-refractivity contribution in [2.24, 2.45) is 0 Å². The highest BCUT2D eigenvalue weighted by Crippen LogP contribution is 2.24. The SMILES string of the molecule is CCC(Nc1n[nH]c(C(O)C(C)O)n1)Oc1ccccc1CN1CCCCC1. The minimum Gasteiger partial charge on any atom is -0.470 e. The Morgan fingerprint density at radius 3 is 2.68 bits per heavy atom. The molecule has 1 aliphatic rings. The van der Waals surface area contributed by atoms with Crippen molar-refractivity contribution < 1.29 is 14.9 Å². The fraction of sp³-hybridized carbons (Fsp3) is 0.600. The third-order valence-electron chi connectivity index (χ3n) is 4.99. The molecule has 1 aromatic heterocycles. The second kappa shape index (κ2) is 9.86. The molecule has 1 saturated heterocycles. The Kier molecular flexibility index (Phi) is 7.24. The molecule has 4 N–H and O–H groups in total. The van der Waals surface area contributed by atoms with Crippen LogP contribution in [0.15, 0.2) is 24.3 Å². The number of hydrogen-bond acceptors (Lipinski definition) is 7. The van der Waals surface area contributed by atoms with E-state index in [0.29, 0.717) is 12.4 Å². The summed E-state index contributed by atoms with van der Waals surface area (Å²) in [5, 5.41) is 29.2. The lowest BCUT2D eigenvalue weighted by Gasteiger charge is -2.28.